The van der Waals surface area contributed by atoms with Gasteiger partial charge in [0, 0.05) is 12.8 Å². The SMILES string of the molecule is CCCCCC#CCC=NOC. The molecule has 68 valence electrons. The third kappa shape index (κ3) is 9.03. The van der Waals surface area contributed by atoms with Gasteiger partial charge in [0.1, 0.15) is 7.11 Å². The monoisotopic (exact) mass is 167 g/mol. The summed E-state index contributed by atoms with van der Waals surface area (Å²) in [5, 5.41) is 3.58. The molecular weight excluding hydrogens is 150 g/mol. The fourth-order valence-electron chi connectivity index (χ4n) is 0.781. The van der Waals surface area contributed by atoms with E-state index in [1.54, 1.807) is 6.21 Å². The second-order valence-corrected chi connectivity index (χ2v) is 2.49. The summed E-state index contributed by atoms with van der Waals surface area (Å²) in [6, 6.07) is 0. The van der Waals surface area contributed by atoms with Gasteiger partial charge in [0.05, 0.1) is 6.21 Å². The topological polar surface area (TPSA) is 21.6 Å². The Morgan fingerprint density at radius 3 is 2.83 bits per heavy atom. The molecule has 0 saturated heterocycles. The molecule has 0 radical (unpaired) electrons. The van der Waals surface area contributed by atoms with Crippen molar-refractivity contribution in [2.24, 2.45) is 5.16 Å². The minimum atomic E-state index is 0.694. The minimum absolute atomic E-state index is 0.694. The van der Waals surface area contributed by atoms with E-state index < -0.39 is 0 Å². The van der Waals surface area contributed by atoms with Gasteiger partial charge < -0.3 is 4.84 Å². The van der Waals surface area contributed by atoms with Crippen LogP contribution in [0.5, 0.6) is 0 Å². The quantitative estimate of drug-likeness (QED) is 0.267. The van der Waals surface area contributed by atoms with Crippen molar-refractivity contribution in [3.63, 3.8) is 0 Å². The van der Waals surface area contributed by atoms with Crippen LogP contribution in [0.3, 0.4) is 0 Å². The van der Waals surface area contributed by atoms with Crippen LogP contribution in [0.25, 0.3) is 0 Å². The van der Waals surface area contributed by atoms with Gasteiger partial charge in [-0.1, -0.05) is 30.8 Å². The average Bonchev–Trinajstić information content (AvgIpc) is 2.10. The highest BCUT2D eigenvalue weighted by Gasteiger charge is 1.79. The summed E-state index contributed by atoms with van der Waals surface area (Å²) in [4.78, 5) is 4.49. The van der Waals surface area contributed by atoms with Crippen LogP contribution < -0.4 is 0 Å². The highest BCUT2D eigenvalue weighted by Crippen LogP contribution is 1.96. The van der Waals surface area contributed by atoms with Gasteiger partial charge >= 0.3 is 0 Å². The molecular formula is C10H17NO. The summed E-state index contributed by atoms with van der Waals surface area (Å²) in [5.74, 6) is 6.08. The van der Waals surface area contributed by atoms with Gasteiger partial charge in [-0.25, -0.2) is 0 Å². The first-order valence-electron chi connectivity index (χ1n) is 4.42. The van der Waals surface area contributed by atoms with Crippen molar-refractivity contribution in [2.45, 2.75) is 39.0 Å². The number of rotatable bonds is 5. The Morgan fingerprint density at radius 2 is 2.17 bits per heavy atom. The molecule has 0 saturated carbocycles. The molecule has 0 N–H and O–H groups in total. The van der Waals surface area contributed by atoms with Crippen LogP contribution in [0.15, 0.2) is 5.16 Å². The number of oxime groups is 1. The molecule has 2 heteroatoms. The number of unbranched alkanes of at least 4 members (excludes halogenated alkanes) is 3. The standard InChI is InChI=1S/C10H17NO/c1-3-4-5-6-7-8-9-10-11-12-2/h10H,3-6,9H2,1-2H3. The highest BCUT2D eigenvalue weighted by atomic mass is 16.6. The van der Waals surface area contributed by atoms with Crippen LogP contribution in [0.1, 0.15) is 39.0 Å². The van der Waals surface area contributed by atoms with Crippen LogP contribution in [0.2, 0.25) is 0 Å². The first-order valence-corrected chi connectivity index (χ1v) is 4.42. The maximum absolute atomic E-state index is 4.49. The molecule has 0 aliphatic heterocycles. The molecule has 0 atom stereocenters. The lowest BCUT2D eigenvalue weighted by Gasteiger charge is -1.87. The van der Waals surface area contributed by atoms with Gasteiger partial charge in [-0.3, -0.25) is 0 Å². The third-order valence-electron chi connectivity index (χ3n) is 1.40. The predicted molar refractivity (Wildman–Crippen MR) is 52.0 cm³/mol. The van der Waals surface area contributed by atoms with E-state index in [9.17, 15) is 0 Å². The van der Waals surface area contributed by atoms with Gasteiger partial charge in [-0.15, -0.1) is 5.92 Å². The molecule has 2 nitrogen and oxygen atoms in total. The van der Waals surface area contributed by atoms with Crippen molar-refractivity contribution < 1.29 is 4.84 Å². The van der Waals surface area contributed by atoms with E-state index in [1.165, 1.54) is 26.4 Å². The average molecular weight is 167 g/mol. The van der Waals surface area contributed by atoms with Crippen molar-refractivity contribution in [1.29, 1.82) is 0 Å². The van der Waals surface area contributed by atoms with Crippen molar-refractivity contribution in [3.8, 4) is 11.8 Å². The third-order valence-corrected chi connectivity index (χ3v) is 1.40. The van der Waals surface area contributed by atoms with E-state index >= 15 is 0 Å². The maximum atomic E-state index is 4.49. The maximum Gasteiger partial charge on any atom is 0.106 e. The van der Waals surface area contributed by atoms with E-state index in [0.717, 1.165) is 6.42 Å². The Labute approximate surface area is 75.0 Å². The Bertz CT molecular complexity index is 164. The molecule has 0 aliphatic rings. The summed E-state index contributed by atoms with van der Waals surface area (Å²) >= 11 is 0. The molecule has 0 heterocycles. The van der Waals surface area contributed by atoms with Crippen LogP contribution >= 0.6 is 0 Å². The van der Waals surface area contributed by atoms with Gasteiger partial charge in [0.2, 0.25) is 0 Å². The van der Waals surface area contributed by atoms with E-state index in [4.69, 9.17) is 0 Å². The lowest BCUT2D eigenvalue weighted by molar-refractivity contribution is 0.215. The smallest absolute Gasteiger partial charge is 0.106 e. The van der Waals surface area contributed by atoms with E-state index in [1.807, 2.05) is 0 Å². The number of hydrogen-bond donors (Lipinski definition) is 0. The van der Waals surface area contributed by atoms with E-state index in [-0.39, 0.29) is 0 Å². The molecule has 0 bridgehead atoms. The van der Waals surface area contributed by atoms with Gasteiger partial charge in [-0.2, -0.15) is 0 Å². The largest absolute Gasteiger partial charge is 0.399 e. The molecule has 0 amide bonds. The molecule has 0 unspecified atom stereocenters. The van der Waals surface area contributed by atoms with Crippen molar-refractivity contribution in [3.05, 3.63) is 0 Å². The lowest BCUT2D eigenvalue weighted by atomic mass is 10.2. The van der Waals surface area contributed by atoms with E-state index in [2.05, 4.69) is 28.8 Å². The summed E-state index contributed by atoms with van der Waals surface area (Å²) in [5.41, 5.74) is 0. The Balaban J connectivity index is 3.17. The second kappa shape index (κ2) is 10.0. The molecule has 0 aromatic rings. The Hall–Kier alpha value is -0.970. The summed E-state index contributed by atoms with van der Waals surface area (Å²) in [6.07, 6.45) is 7.13. The molecule has 0 aromatic carbocycles. The predicted octanol–water partition coefficient (Wildman–Crippen LogP) is 2.59. The zero-order valence-electron chi connectivity index (χ0n) is 7.97. The van der Waals surface area contributed by atoms with Crippen molar-refractivity contribution >= 4 is 6.21 Å². The summed E-state index contributed by atoms with van der Waals surface area (Å²) in [6.45, 7) is 2.19. The van der Waals surface area contributed by atoms with E-state index in [0.29, 0.717) is 6.42 Å². The molecule has 0 aliphatic carbocycles. The Morgan fingerprint density at radius 1 is 1.33 bits per heavy atom. The molecule has 0 rings (SSSR count). The number of hydrogen-bond acceptors (Lipinski definition) is 2. The lowest BCUT2D eigenvalue weighted by Crippen LogP contribution is -1.74. The van der Waals surface area contributed by atoms with Crippen LogP contribution in [0, 0.1) is 11.8 Å². The second-order valence-electron chi connectivity index (χ2n) is 2.49. The minimum Gasteiger partial charge on any atom is -0.399 e. The molecule has 0 fully saturated rings. The zero-order valence-corrected chi connectivity index (χ0v) is 7.97. The Kier molecular flexibility index (Phi) is 9.22. The van der Waals surface area contributed by atoms with Crippen LogP contribution in [-0.2, 0) is 4.84 Å². The summed E-state index contributed by atoms with van der Waals surface area (Å²) in [7, 11) is 1.53. The zero-order chi connectivity index (χ0) is 9.07. The van der Waals surface area contributed by atoms with Crippen LogP contribution in [0.4, 0.5) is 0 Å². The van der Waals surface area contributed by atoms with Gasteiger partial charge in [-0.05, 0) is 6.42 Å². The van der Waals surface area contributed by atoms with Gasteiger partial charge in [0.25, 0.3) is 0 Å². The first kappa shape index (κ1) is 11.0. The molecule has 12 heavy (non-hydrogen) atoms. The summed E-state index contributed by atoms with van der Waals surface area (Å²) < 4.78 is 0. The fourth-order valence-corrected chi connectivity index (χ4v) is 0.781. The van der Waals surface area contributed by atoms with Crippen molar-refractivity contribution in [2.75, 3.05) is 7.11 Å². The fraction of sp³-hybridized carbons (Fsp3) is 0.700. The normalized spacial score (nSPS) is 9.50. The first-order chi connectivity index (χ1) is 5.91. The number of nitrogens with zero attached hydrogens (tertiary/aromatic N) is 1. The van der Waals surface area contributed by atoms with Crippen molar-refractivity contribution in [1.82, 2.24) is 0 Å². The molecule has 0 aromatic heterocycles. The van der Waals surface area contributed by atoms with Crippen LogP contribution in [-0.4, -0.2) is 13.3 Å². The highest BCUT2D eigenvalue weighted by molar-refractivity contribution is 5.60. The van der Waals surface area contributed by atoms with Gasteiger partial charge in [0.15, 0.2) is 0 Å². The molecule has 0 spiro atoms.